The first-order valence-corrected chi connectivity index (χ1v) is 11.2. The van der Waals surface area contributed by atoms with Crippen molar-refractivity contribution in [2.45, 2.75) is 25.4 Å². The van der Waals surface area contributed by atoms with Crippen molar-refractivity contribution in [1.29, 1.82) is 0 Å². The molecule has 33 heavy (non-hydrogen) atoms. The summed E-state index contributed by atoms with van der Waals surface area (Å²) in [6, 6.07) is 22.3. The molecule has 0 spiro atoms. The third-order valence-electron chi connectivity index (χ3n) is 5.29. The maximum absolute atomic E-state index is 13.5. The Hall–Kier alpha value is -3.52. The first-order chi connectivity index (χ1) is 15.9. The molecule has 0 aliphatic rings. The van der Waals surface area contributed by atoms with Crippen LogP contribution in [0.4, 0.5) is 5.69 Å². The van der Waals surface area contributed by atoms with E-state index in [0.717, 1.165) is 15.6 Å². The Bertz CT molecular complexity index is 1140. The summed E-state index contributed by atoms with van der Waals surface area (Å²) in [4.78, 5) is 38.9. The van der Waals surface area contributed by atoms with Crippen molar-refractivity contribution >= 4 is 33.4 Å². The molecule has 0 saturated heterocycles. The number of para-hydroxylation sites is 1. The molecular formula is C25H24BrN3O4. The number of amides is 2. The van der Waals surface area contributed by atoms with Crippen LogP contribution in [0.5, 0.6) is 0 Å². The molecule has 0 aliphatic heterocycles. The fourth-order valence-electron chi connectivity index (χ4n) is 3.66. The van der Waals surface area contributed by atoms with Crippen molar-refractivity contribution in [2.75, 3.05) is 7.05 Å². The molecule has 0 aliphatic carbocycles. The Labute approximate surface area is 200 Å². The van der Waals surface area contributed by atoms with Gasteiger partial charge in [0.25, 0.3) is 5.69 Å². The van der Waals surface area contributed by atoms with Gasteiger partial charge in [-0.2, -0.15) is 0 Å². The molecule has 3 aromatic carbocycles. The van der Waals surface area contributed by atoms with E-state index in [2.05, 4.69) is 21.2 Å². The van der Waals surface area contributed by atoms with E-state index in [4.69, 9.17) is 0 Å². The van der Waals surface area contributed by atoms with Crippen LogP contribution in [-0.4, -0.2) is 34.7 Å². The number of halogens is 1. The van der Waals surface area contributed by atoms with Crippen LogP contribution in [0, 0.1) is 10.1 Å². The standard InChI is InChI=1S/C25H24BrN3O4/c1-27-25(31)23(15-18-8-3-2-4-9-18)28(17-19-10-7-12-21(26)14-19)24(30)16-20-11-5-6-13-22(20)29(32)33/h2-14,23H,15-17H2,1H3,(H,27,31)/t23-/m1/s1. The molecule has 0 heterocycles. The summed E-state index contributed by atoms with van der Waals surface area (Å²) in [6.45, 7) is 0.184. The second-order valence-corrected chi connectivity index (χ2v) is 8.45. The number of hydrogen-bond donors (Lipinski definition) is 1. The minimum atomic E-state index is -0.786. The number of nitro groups is 1. The fraction of sp³-hybridized carbons (Fsp3) is 0.200. The van der Waals surface area contributed by atoms with E-state index in [9.17, 15) is 19.7 Å². The smallest absolute Gasteiger partial charge is 0.273 e. The Balaban J connectivity index is 1.98. The van der Waals surface area contributed by atoms with Gasteiger partial charge in [-0.15, -0.1) is 0 Å². The van der Waals surface area contributed by atoms with Gasteiger partial charge in [-0.25, -0.2) is 0 Å². The fourth-order valence-corrected chi connectivity index (χ4v) is 4.10. The number of likely N-dealkylation sites (N-methyl/N-ethyl adjacent to an activating group) is 1. The summed E-state index contributed by atoms with van der Waals surface area (Å²) in [5, 5.41) is 14.1. The van der Waals surface area contributed by atoms with Crippen LogP contribution in [0.1, 0.15) is 16.7 Å². The first-order valence-electron chi connectivity index (χ1n) is 10.4. The topological polar surface area (TPSA) is 92.6 Å². The second kappa shape index (κ2) is 11.4. The Morgan fingerprint density at radius 3 is 2.33 bits per heavy atom. The van der Waals surface area contributed by atoms with Crippen molar-refractivity contribution in [3.05, 3.63) is 110 Å². The number of nitro benzene ring substituents is 1. The average Bonchev–Trinajstić information content (AvgIpc) is 2.81. The van der Waals surface area contributed by atoms with Gasteiger partial charge < -0.3 is 10.2 Å². The summed E-state index contributed by atoms with van der Waals surface area (Å²) in [6.07, 6.45) is 0.130. The summed E-state index contributed by atoms with van der Waals surface area (Å²) < 4.78 is 0.852. The molecule has 1 N–H and O–H groups in total. The molecule has 0 bridgehead atoms. The highest BCUT2D eigenvalue weighted by molar-refractivity contribution is 9.10. The maximum atomic E-state index is 13.5. The van der Waals surface area contributed by atoms with E-state index in [1.54, 1.807) is 18.2 Å². The molecule has 0 unspecified atom stereocenters. The number of benzene rings is 3. The van der Waals surface area contributed by atoms with Crippen LogP contribution in [0.15, 0.2) is 83.3 Å². The van der Waals surface area contributed by atoms with E-state index >= 15 is 0 Å². The van der Waals surface area contributed by atoms with Crippen LogP contribution < -0.4 is 5.32 Å². The molecule has 170 valence electrons. The molecule has 0 fully saturated rings. The van der Waals surface area contributed by atoms with E-state index in [1.165, 1.54) is 18.0 Å². The highest BCUT2D eigenvalue weighted by Crippen LogP contribution is 2.22. The van der Waals surface area contributed by atoms with Crippen LogP contribution in [0.3, 0.4) is 0 Å². The normalized spacial score (nSPS) is 11.5. The van der Waals surface area contributed by atoms with Crippen molar-refractivity contribution in [2.24, 2.45) is 0 Å². The molecule has 7 nitrogen and oxygen atoms in total. The zero-order chi connectivity index (χ0) is 23.8. The van der Waals surface area contributed by atoms with Crippen LogP contribution in [-0.2, 0) is 29.0 Å². The number of carbonyl (C=O) groups excluding carboxylic acids is 2. The van der Waals surface area contributed by atoms with Gasteiger partial charge in [0.05, 0.1) is 11.3 Å². The van der Waals surface area contributed by atoms with Crippen molar-refractivity contribution in [3.63, 3.8) is 0 Å². The molecular weight excluding hydrogens is 486 g/mol. The Morgan fingerprint density at radius 1 is 1.00 bits per heavy atom. The monoisotopic (exact) mass is 509 g/mol. The van der Waals surface area contributed by atoms with Gasteiger partial charge in [0.1, 0.15) is 6.04 Å². The lowest BCUT2D eigenvalue weighted by Gasteiger charge is -2.31. The largest absolute Gasteiger partial charge is 0.357 e. The highest BCUT2D eigenvalue weighted by Gasteiger charge is 2.31. The summed E-state index contributed by atoms with van der Waals surface area (Å²) in [5.41, 5.74) is 1.93. The van der Waals surface area contributed by atoms with Gasteiger partial charge in [0.15, 0.2) is 0 Å². The predicted molar refractivity (Wildman–Crippen MR) is 129 cm³/mol. The quantitative estimate of drug-likeness (QED) is 0.344. The lowest BCUT2D eigenvalue weighted by Crippen LogP contribution is -2.50. The van der Waals surface area contributed by atoms with Crippen LogP contribution in [0.2, 0.25) is 0 Å². The molecule has 3 rings (SSSR count). The number of nitrogens with one attached hydrogen (secondary N) is 1. The van der Waals surface area contributed by atoms with E-state index < -0.39 is 11.0 Å². The third-order valence-corrected chi connectivity index (χ3v) is 5.78. The molecule has 0 aromatic heterocycles. The zero-order valence-corrected chi connectivity index (χ0v) is 19.7. The minimum absolute atomic E-state index is 0.118. The van der Waals surface area contributed by atoms with E-state index in [-0.39, 0.29) is 30.5 Å². The molecule has 0 saturated carbocycles. The SMILES string of the molecule is CNC(=O)[C@@H](Cc1ccccc1)N(Cc1cccc(Br)c1)C(=O)Cc1ccccc1[N+](=O)[O-]. The van der Waals surface area contributed by atoms with E-state index in [0.29, 0.717) is 12.0 Å². The van der Waals surface area contributed by atoms with Crippen molar-refractivity contribution in [3.8, 4) is 0 Å². The molecule has 2 amide bonds. The highest BCUT2D eigenvalue weighted by atomic mass is 79.9. The summed E-state index contributed by atoms with van der Waals surface area (Å²) in [5.74, 6) is -0.668. The second-order valence-electron chi connectivity index (χ2n) is 7.53. The Kier molecular flexibility index (Phi) is 8.32. The molecule has 1 atom stereocenters. The van der Waals surface area contributed by atoms with Crippen molar-refractivity contribution in [1.82, 2.24) is 10.2 Å². The molecule has 3 aromatic rings. The van der Waals surface area contributed by atoms with Crippen LogP contribution >= 0.6 is 15.9 Å². The number of carbonyl (C=O) groups is 2. The molecule has 0 radical (unpaired) electrons. The maximum Gasteiger partial charge on any atom is 0.273 e. The average molecular weight is 510 g/mol. The minimum Gasteiger partial charge on any atom is -0.357 e. The van der Waals surface area contributed by atoms with Crippen molar-refractivity contribution < 1.29 is 14.5 Å². The number of rotatable bonds is 9. The third kappa shape index (κ3) is 6.49. The lowest BCUT2D eigenvalue weighted by atomic mass is 10.0. The van der Waals surface area contributed by atoms with Gasteiger partial charge >= 0.3 is 0 Å². The first kappa shape index (κ1) is 24.1. The van der Waals surface area contributed by atoms with Gasteiger partial charge in [0, 0.05) is 36.1 Å². The van der Waals surface area contributed by atoms with Crippen LogP contribution in [0.25, 0.3) is 0 Å². The number of hydrogen-bond acceptors (Lipinski definition) is 4. The number of nitrogens with zero attached hydrogens (tertiary/aromatic N) is 2. The summed E-state index contributed by atoms with van der Waals surface area (Å²) >= 11 is 3.44. The Morgan fingerprint density at radius 2 is 1.67 bits per heavy atom. The lowest BCUT2D eigenvalue weighted by molar-refractivity contribution is -0.385. The molecule has 8 heteroatoms. The summed E-state index contributed by atoms with van der Waals surface area (Å²) in [7, 11) is 1.53. The van der Waals surface area contributed by atoms with Gasteiger partial charge in [-0.05, 0) is 23.3 Å². The van der Waals surface area contributed by atoms with E-state index in [1.807, 2.05) is 54.6 Å². The predicted octanol–water partition coefficient (Wildman–Crippen LogP) is 4.29. The zero-order valence-electron chi connectivity index (χ0n) is 18.1. The van der Waals surface area contributed by atoms with Gasteiger partial charge in [0.2, 0.25) is 11.8 Å². The van der Waals surface area contributed by atoms with Gasteiger partial charge in [-0.3, -0.25) is 19.7 Å². The van der Waals surface area contributed by atoms with Gasteiger partial charge in [-0.1, -0.05) is 76.6 Å².